The normalized spacial score (nSPS) is 20.7. The number of nitrogens with one attached hydrogen (secondary N) is 3. The highest BCUT2D eigenvalue weighted by atomic mass is 16.3. The minimum atomic E-state index is -0.648. The summed E-state index contributed by atoms with van der Waals surface area (Å²) in [5.41, 5.74) is 6.79. The van der Waals surface area contributed by atoms with Crippen molar-refractivity contribution in [1.82, 2.24) is 9.97 Å². The van der Waals surface area contributed by atoms with Gasteiger partial charge in [-0.2, -0.15) is 0 Å². The van der Waals surface area contributed by atoms with E-state index in [9.17, 15) is 5.11 Å². The van der Waals surface area contributed by atoms with Crippen LogP contribution in [0.25, 0.3) is 11.0 Å². The van der Waals surface area contributed by atoms with E-state index in [0.29, 0.717) is 0 Å². The first-order chi connectivity index (χ1) is 15.6. The van der Waals surface area contributed by atoms with Crippen LogP contribution in [-0.4, -0.2) is 28.2 Å². The molecule has 0 amide bonds. The van der Waals surface area contributed by atoms with E-state index in [1.165, 1.54) is 18.5 Å². The lowest BCUT2D eigenvalue weighted by Crippen LogP contribution is -2.40. The van der Waals surface area contributed by atoms with Crippen molar-refractivity contribution < 1.29 is 5.11 Å². The van der Waals surface area contributed by atoms with Gasteiger partial charge in [-0.05, 0) is 61.2 Å². The number of benzene rings is 3. The maximum atomic E-state index is 9.88. The van der Waals surface area contributed by atoms with Crippen LogP contribution in [-0.2, 0) is 5.66 Å². The number of hydrogen-bond donors (Lipinski definition) is 4. The van der Waals surface area contributed by atoms with Gasteiger partial charge in [0.25, 0.3) is 0 Å². The number of rotatable bonds is 3. The molecular weight excluding hydrogens is 398 g/mol. The van der Waals surface area contributed by atoms with Crippen molar-refractivity contribution in [2.45, 2.75) is 25.4 Å². The van der Waals surface area contributed by atoms with Crippen LogP contribution in [0.3, 0.4) is 0 Å². The van der Waals surface area contributed by atoms with Gasteiger partial charge in [-0.15, -0.1) is 0 Å². The molecule has 4 N–H and O–H groups in total. The summed E-state index contributed by atoms with van der Waals surface area (Å²) in [4.78, 5) is 10.1. The molecule has 6 nitrogen and oxygen atoms in total. The van der Waals surface area contributed by atoms with Gasteiger partial charge in [0.15, 0.2) is 5.66 Å². The summed E-state index contributed by atoms with van der Waals surface area (Å²) in [5.74, 6) is 1.06. The zero-order valence-electron chi connectivity index (χ0n) is 18.1. The minimum absolute atomic E-state index is 0.255. The Morgan fingerprint density at radius 1 is 0.906 bits per heavy atom. The van der Waals surface area contributed by atoms with E-state index in [1.807, 2.05) is 18.2 Å². The number of phenols is 1. The Hall–Kier alpha value is -3.67. The Balaban J connectivity index is 1.42. The molecule has 1 unspecified atom stereocenters. The van der Waals surface area contributed by atoms with Crippen LogP contribution in [0.2, 0.25) is 0 Å². The standard InChI is InChI=1S/C26H27N5O/c1-17-10-12-31(13-11-17)20-5-9-23-25(15-20)30-26(29-23,18-2-6-21(32)7-3-18)19-4-8-22-24(14-19)28-16-27-22/h2-9,14-17,29-30,32H,10-13H2,1H3,(H,27,28). The molecule has 4 aromatic rings. The van der Waals surface area contributed by atoms with Gasteiger partial charge in [0.2, 0.25) is 0 Å². The Kier molecular flexibility index (Phi) is 4.28. The second-order valence-electron chi connectivity index (χ2n) is 9.08. The van der Waals surface area contributed by atoms with Crippen molar-refractivity contribution in [2.75, 3.05) is 28.6 Å². The molecule has 1 saturated heterocycles. The number of anilines is 3. The molecule has 162 valence electrons. The van der Waals surface area contributed by atoms with Crippen LogP contribution in [0.1, 0.15) is 30.9 Å². The predicted molar refractivity (Wildman–Crippen MR) is 129 cm³/mol. The number of imidazole rings is 1. The first-order valence-electron chi connectivity index (χ1n) is 11.3. The molecule has 0 aliphatic carbocycles. The monoisotopic (exact) mass is 425 g/mol. The van der Waals surface area contributed by atoms with Crippen molar-refractivity contribution in [3.05, 3.63) is 78.1 Å². The maximum absolute atomic E-state index is 9.88. The average Bonchev–Trinajstić information content (AvgIpc) is 3.44. The second-order valence-corrected chi connectivity index (χ2v) is 9.08. The topological polar surface area (TPSA) is 76.2 Å². The van der Waals surface area contributed by atoms with Gasteiger partial charge in [-0.25, -0.2) is 4.98 Å². The fourth-order valence-electron chi connectivity index (χ4n) is 4.98. The molecule has 0 saturated carbocycles. The number of H-pyrrole nitrogens is 1. The Morgan fingerprint density at radius 2 is 1.66 bits per heavy atom. The number of nitrogens with zero attached hydrogens (tertiary/aromatic N) is 2. The zero-order chi connectivity index (χ0) is 21.7. The Bertz CT molecular complexity index is 1270. The van der Waals surface area contributed by atoms with Crippen LogP contribution in [0.4, 0.5) is 17.1 Å². The third-order valence-electron chi connectivity index (χ3n) is 6.95. The Labute approximate surface area is 187 Å². The van der Waals surface area contributed by atoms with Crippen LogP contribution in [0, 0.1) is 5.92 Å². The minimum Gasteiger partial charge on any atom is -0.508 e. The highest BCUT2D eigenvalue weighted by Gasteiger charge is 2.40. The summed E-state index contributed by atoms with van der Waals surface area (Å²) in [5, 5.41) is 17.4. The highest BCUT2D eigenvalue weighted by Crippen LogP contribution is 2.45. The Morgan fingerprint density at radius 3 is 2.47 bits per heavy atom. The fraction of sp³-hybridized carbons (Fsp3) is 0.269. The number of hydrogen-bond acceptors (Lipinski definition) is 5. The van der Waals surface area contributed by atoms with Crippen LogP contribution in [0.5, 0.6) is 5.75 Å². The van der Waals surface area contributed by atoms with Gasteiger partial charge in [-0.1, -0.05) is 25.1 Å². The molecule has 6 rings (SSSR count). The van der Waals surface area contributed by atoms with Gasteiger partial charge < -0.3 is 25.6 Å². The molecule has 1 atom stereocenters. The molecule has 6 heteroatoms. The highest BCUT2D eigenvalue weighted by molar-refractivity contribution is 5.84. The molecule has 32 heavy (non-hydrogen) atoms. The lowest BCUT2D eigenvalue weighted by atomic mass is 9.91. The number of aromatic nitrogens is 2. The molecule has 3 heterocycles. The number of piperidine rings is 1. The maximum Gasteiger partial charge on any atom is 0.161 e. The second kappa shape index (κ2) is 7.19. The summed E-state index contributed by atoms with van der Waals surface area (Å²) >= 11 is 0. The first kappa shape index (κ1) is 19.0. The molecule has 0 radical (unpaired) electrons. The van der Waals surface area contributed by atoms with E-state index >= 15 is 0 Å². The summed E-state index contributed by atoms with van der Waals surface area (Å²) in [6, 6.07) is 20.3. The van der Waals surface area contributed by atoms with Gasteiger partial charge in [0, 0.05) is 29.9 Å². The number of fused-ring (bicyclic) bond motifs is 2. The van der Waals surface area contributed by atoms with Crippen LogP contribution >= 0.6 is 0 Å². The van der Waals surface area contributed by atoms with Gasteiger partial charge in [0.1, 0.15) is 5.75 Å². The first-order valence-corrected chi connectivity index (χ1v) is 11.3. The fourth-order valence-corrected chi connectivity index (χ4v) is 4.98. The average molecular weight is 426 g/mol. The molecular formula is C26H27N5O. The van der Waals surface area contributed by atoms with Crippen LogP contribution in [0.15, 0.2) is 67.0 Å². The van der Waals surface area contributed by atoms with Crippen molar-refractivity contribution in [1.29, 1.82) is 0 Å². The number of aromatic amines is 1. The number of phenolic OH excluding ortho intramolecular Hbond substituents is 1. The molecule has 2 aliphatic heterocycles. The van der Waals surface area contributed by atoms with E-state index < -0.39 is 5.66 Å². The zero-order valence-corrected chi connectivity index (χ0v) is 18.1. The molecule has 0 spiro atoms. The smallest absolute Gasteiger partial charge is 0.161 e. The summed E-state index contributed by atoms with van der Waals surface area (Å²) < 4.78 is 0. The molecule has 0 bridgehead atoms. The molecule has 2 aliphatic rings. The largest absolute Gasteiger partial charge is 0.508 e. The van der Waals surface area contributed by atoms with E-state index in [-0.39, 0.29) is 5.75 Å². The van der Waals surface area contributed by atoms with Gasteiger partial charge in [0.05, 0.1) is 28.7 Å². The van der Waals surface area contributed by atoms with Crippen molar-refractivity contribution in [3.8, 4) is 5.75 Å². The van der Waals surface area contributed by atoms with E-state index in [4.69, 9.17) is 0 Å². The third kappa shape index (κ3) is 3.06. The molecule has 1 fully saturated rings. The van der Waals surface area contributed by atoms with Crippen molar-refractivity contribution in [3.63, 3.8) is 0 Å². The molecule has 3 aromatic carbocycles. The van der Waals surface area contributed by atoms with Crippen molar-refractivity contribution >= 4 is 28.1 Å². The third-order valence-corrected chi connectivity index (χ3v) is 6.95. The lowest BCUT2D eigenvalue weighted by Gasteiger charge is -2.33. The van der Waals surface area contributed by atoms with Gasteiger partial charge in [-0.3, -0.25) is 0 Å². The predicted octanol–water partition coefficient (Wildman–Crippen LogP) is 5.24. The van der Waals surface area contributed by atoms with E-state index in [0.717, 1.165) is 52.5 Å². The van der Waals surface area contributed by atoms with Gasteiger partial charge >= 0.3 is 0 Å². The van der Waals surface area contributed by atoms with E-state index in [2.05, 4.69) is 62.8 Å². The summed E-state index contributed by atoms with van der Waals surface area (Å²) in [6.07, 6.45) is 4.20. The van der Waals surface area contributed by atoms with Crippen molar-refractivity contribution in [2.24, 2.45) is 5.92 Å². The SMILES string of the molecule is CC1CCN(c2ccc3c(c2)NC(c2ccc(O)cc2)(c2ccc4nc[nH]c4c2)N3)CC1. The lowest BCUT2D eigenvalue weighted by molar-refractivity contribution is 0.438. The van der Waals surface area contributed by atoms with Crippen LogP contribution < -0.4 is 15.5 Å². The summed E-state index contributed by atoms with van der Waals surface area (Å²) in [7, 11) is 0. The quantitative estimate of drug-likeness (QED) is 0.361. The van der Waals surface area contributed by atoms with E-state index in [1.54, 1.807) is 18.5 Å². The number of aromatic hydroxyl groups is 1. The molecule has 1 aromatic heterocycles. The summed E-state index contributed by atoms with van der Waals surface area (Å²) in [6.45, 7) is 4.55.